The van der Waals surface area contributed by atoms with Crippen LogP contribution in [0.15, 0.2) is 35.9 Å². The molecule has 0 atom stereocenters. The molecule has 96 valence electrons. The second kappa shape index (κ2) is 6.36. The second-order valence-corrected chi connectivity index (χ2v) is 4.76. The molecule has 18 heavy (non-hydrogen) atoms. The van der Waals surface area contributed by atoms with E-state index in [0.29, 0.717) is 13.0 Å². The van der Waals surface area contributed by atoms with E-state index in [2.05, 4.69) is 16.7 Å². The molecule has 1 aromatic carbocycles. The van der Waals surface area contributed by atoms with Gasteiger partial charge in [0.2, 0.25) is 5.91 Å². The summed E-state index contributed by atoms with van der Waals surface area (Å²) >= 11 is 0. The Morgan fingerprint density at radius 3 is 2.78 bits per heavy atom. The monoisotopic (exact) mass is 244 g/mol. The molecule has 0 aromatic heterocycles. The summed E-state index contributed by atoms with van der Waals surface area (Å²) in [7, 11) is 0. The molecule has 2 rings (SSSR count). The third-order valence-corrected chi connectivity index (χ3v) is 3.16. The fourth-order valence-corrected chi connectivity index (χ4v) is 2.00. The number of hydrogen-bond acceptors (Lipinski definition) is 2. The zero-order chi connectivity index (χ0) is 12.8. The van der Waals surface area contributed by atoms with Crippen molar-refractivity contribution in [3.63, 3.8) is 0 Å². The van der Waals surface area contributed by atoms with E-state index in [0.717, 1.165) is 25.1 Å². The minimum atomic E-state index is 0.0956. The maximum atomic E-state index is 11.8. The van der Waals surface area contributed by atoms with E-state index in [1.165, 1.54) is 11.1 Å². The number of carbonyl (C=O) groups is 1. The molecule has 0 spiro atoms. The number of aryl methyl sites for hydroxylation is 1. The van der Waals surface area contributed by atoms with E-state index >= 15 is 0 Å². The quantitative estimate of drug-likeness (QED) is 0.789. The Morgan fingerprint density at radius 2 is 2.11 bits per heavy atom. The first-order chi connectivity index (χ1) is 8.74. The SMILES string of the molecule is Cc1ccc(CC(=O)NCC2=CCNCC2)cc1. The molecule has 0 fully saturated rings. The largest absolute Gasteiger partial charge is 0.352 e. The van der Waals surface area contributed by atoms with E-state index in [4.69, 9.17) is 0 Å². The molecule has 2 N–H and O–H groups in total. The molecule has 0 saturated carbocycles. The van der Waals surface area contributed by atoms with Crippen LogP contribution in [0.1, 0.15) is 17.5 Å². The number of nitrogens with one attached hydrogen (secondary N) is 2. The summed E-state index contributed by atoms with van der Waals surface area (Å²) < 4.78 is 0. The lowest BCUT2D eigenvalue weighted by Crippen LogP contribution is -2.30. The highest BCUT2D eigenvalue weighted by atomic mass is 16.1. The van der Waals surface area contributed by atoms with Gasteiger partial charge in [-0.1, -0.05) is 41.5 Å². The molecule has 0 bridgehead atoms. The first-order valence-corrected chi connectivity index (χ1v) is 6.45. The molecule has 1 aromatic rings. The molecular weight excluding hydrogens is 224 g/mol. The molecule has 0 unspecified atom stereocenters. The third-order valence-electron chi connectivity index (χ3n) is 3.16. The topological polar surface area (TPSA) is 41.1 Å². The van der Waals surface area contributed by atoms with Gasteiger partial charge < -0.3 is 10.6 Å². The summed E-state index contributed by atoms with van der Waals surface area (Å²) in [6.45, 7) is 4.67. The zero-order valence-electron chi connectivity index (χ0n) is 10.8. The Morgan fingerprint density at radius 1 is 1.33 bits per heavy atom. The lowest BCUT2D eigenvalue weighted by molar-refractivity contribution is -0.120. The Balaban J connectivity index is 1.78. The van der Waals surface area contributed by atoms with Gasteiger partial charge in [-0.25, -0.2) is 0 Å². The van der Waals surface area contributed by atoms with Crippen LogP contribution in [0.3, 0.4) is 0 Å². The van der Waals surface area contributed by atoms with Gasteiger partial charge in [0.15, 0.2) is 0 Å². The van der Waals surface area contributed by atoms with Crippen molar-refractivity contribution in [2.75, 3.05) is 19.6 Å². The molecule has 0 aliphatic carbocycles. The van der Waals surface area contributed by atoms with Gasteiger partial charge in [-0.2, -0.15) is 0 Å². The maximum absolute atomic E-state index is 11.8. The maximum Gasteiger partial charge on any atom is 0.224 e. The van der Waals surface area contributed by atoms with Crippen LogP contribution in [-0.2, 0) is 11.2 Å². The van der Waals surface area contributed by atoms with Crippen LogP contribution in [0.25, 0.3) is 0 Å². The molecule has 1 amide bonds. The van der Waals surface area contributed by atoms with Crippen molar-refractivity contribution in [2.24, 2.45) is 0 Å². The Labute approximate surface area is 108 Å². The minimum Gasteiger partial charge on any atom is -0.352 e. The van der Waals surface area contributed by atoms with Gasteiger partial charge in [-0.3, -0.25) is 4.79 Å². The molecule has 3 heteroatoms. The first-order valence-electron chi connectivity index (χ1n) is 6.45. The fourth-order valence-electron chi connectivity index (χ4n) is 2.00. The number of amides is 1. The predicted molar refractivity (Wildman–Crippen MR) is 73.5 cm³/mol. The number of hydrogen-bond donors (Lipinski definition) is 2. The molecule has 0 saturated heterocycles. The van der Waals surface area contributed by atoms with Gasteiger partial charge in [0.05, 0.1) is 6.42 Å². The Bertz CT molecular complexity index is 434. The van der Waals surface area contributed by atoms with Gasteiger partial charge in [-0.15, -0.1) is 0 Å². The highest BCUT2D eigenvalue weighted by Crippen LogP contribution is 2.05. The smallest absolute Gasteiger partial charge is 0.224 e. The minimum absolute atomic E-state index is 0.0956. The van der Waals surface area contributed by atoms with Gasteiger partial charge in [-0.05, 0) is 25.5 Å². The van der Waals surface area contributed by atoms with Crippen LogP contribution >= 0.6 is 0 Å². The van der Waals surface area contributed by atoms with E-state index in [1.54, 1.807) is 0 Å². The lowest BCUT2D eigenvalue weighted by atomic mass is 10.1. The summed E-state index contributed by atoms with van der Waals surface area (Å²) in [6, 6.07) is 8.10. The van der Waals surface area contributed by atoms with Crippen molar-refractivity contribution in [1.82, 2.24) is 10.6 Å². The van der Waals surface area contributed by atoms with Gasteiger partial charge >= 0.3 is 0 Å². The van der Waals surface area contributed by atoms with Crippen LogP contribution in [0.5, 0.6) is 0 Å². The van der Waals surface area contributed by atoms with E-state index in [-0.39, 0.29) is 5.91 Å². The molecule has 3 nitrogen and oxygen atoms in total. The second-order valence-electron chi connectivity index (χ2n) is 4.76. The van der Waals surface area contributed by atoms with Crippen LogP contribution < -0.4 is 10.6 Å². The summed E-state index contributed by atoms with van der Waals surface area (Å²) in [5.41, 5.74) is 3.61. The van der Waals surface area contributed by atoms with Gasteiger partial charge in [0, 0.05) is 13.1 Å². The summed E-state index contributed by atoms with van der Waals surface area (Å²) in [4.78, 5) is 11.8. The van der Waals surface area contributed by atoms with Crippen LogP contribution in [0, 0.1) is 6.92 Å². The summed E-state index contributed by atoms with van der Waals surface area (Å²) in [5.74, 6) is 0.0956. The van der Waals surface area contributed by atoms with Crippen molar-refractivity contribution in [1.29, 1.82) is 0 Å². The Kier molecular flexibility index (Phi) is 4.53. The first kappa shape index (κ1) is 12.8. The Hall–Kier alpha value is -1.61. The van der Waals surface area contributed by atoms with Crippen molar-refractivity contribution >= 4 is 5.91 Å². The number of benzene rings is 1. The summed E-state index contributed by atoms with van der Waals surface area (Å²) in [6.07, 6.45) is 3.66. The molecule has 1 aliphatic heterocycles. The van der Waals surface area contributed by atoms with Crippen LogP contribution in [0.2, 0.25) is 0 Å². The van der Waals surface area contributed by atoms with Crippen molar-refractivity contribution in [3.8, 4) is 0 Å². The van der Waals surface area contributed by atoms with Crippen LogP contribution in [-0.4, -0.2) is 25.5 Å². The van der Waals surface area contributed by atoms with E-state index < -0.39 is 0 Å². The zero-order valence-corrected chi connectivity index (χ0v) is 10.8. The van der Waals surface area contributed by atoms with Crippen molar-refractivity contribution < 1.29 is 4.79 Å². The fraction of sp³-hybridized carbons (Fsp3) is 0.400. The molecule has 1 aliphatic rings. The molecule has 0 radical (unpaired) electrons. The highest BCUT2D eigenvalue weighted by molar-refractivity contribution is 5.78. The van der Waals surface area contributed by atoms with E-state index in [1.807, 2.05) is 31.2 Å². The van der Waals surface area contributed by atoms with Gasteiger partial charge in [0.25, 0.3) is 0 Å². The van der Waals surface area contributed by atoms with Crippen molar-refractivity contribution in [2.45, 2.75) is 19.8 Å². The van der Waals surface area contributed by atoms with Gasteiger partial charge in [0.1, 0.15) is 0 Å². The normalized spacial score (nSPS) is 15.1. The highest BCUT2D eigenvalue weighted by Gasteiger charge is 2.06. The third kappa shape index (κ3) is 4.00. The van der Waals surface area contributed by atoms with E-state index in [9.17, 15) is 4.79 Å². The standard InChI is InChI=1S/C15H20N2O/c1-12-2-4-13(5-3-12)10-15(18)17-11-14-6-8-16-9-7-14/h2-6,16H,7-11H2,1H3,(H,17,18). The average molecular weight is 244 g/mol. The lowest BCUT2D eigenvalue weighted by Gasteiger charge is -2.14. The summed E-state index contributed by atoms with van der Waals surface area (Å²) in [5, 5.41) is 6.24. The number of rotatable bonds is 4. The molecule has 1 heterocycles. The van der Waals surface area contributed by atoms with Crippen LogP contribution in [0.4, 0.5) is 0 Å². The number of carbonyl (C=O) groups excluding carboxylic acids is 1. The molecular formula is C15H20N2O. The van der Waals surface area contributed by atoms with Crippen molar-refractivity contribution in [3.05, 3.63) is 47.0 Å². The predicted octanol–water partition coefficient (Wildman–Crippen LogP) is 1.57. The average Bonchev–Trinajstić information content (AvgIpc) is 2.40.